The summed E-state index contributed by atoms with van der Waals surface area (Å²) in [5.74, 6) is 0.752. The van der Waals surface area contributed by atoms with E-state index in [9.17, 15) is 4.79 Å². The maximum absolute atomic E-state index is 13.4. The van der Waals surface area contributed by atoms with Crippen molar-refractivity contribution in [2.24, 2.45) is 5.41 Å². The van der Waals surface area contributed by atoms with Gasteiger partial charge in [-0.3, -0.25) is 4.79 Å². The predicted molar refractivity (Wildman–Crippen MR) is 123 cm³/mol. The fourth-order valence-electron chi connectivity index (χ4n) is 5.01. The average Bonchev–Trinajstić information content (AvgIpc) is 2.77. The van der Waals surface area contributed by atoms with Gasteiger partial charge >= 0.3 is 0 Å². The molecule has 0 radical (unpaired) electrons. The number of fused-ring (bicyclic) bond motifs is 1. The molecule has 0 unspecified atom stereocenters. The fraction of sp³-hybridized carbons (Fsp3) is 0.458. The van der Waals surface area contributed by atoms with Crippen molar-refractivity contribution in [3.63, 3.8) is 0 Å². The van der Waals surface area contributed by atoms with Crippen LogP contribution in [0.2, 0.25) is 10.0 Å². The molecule has 5 rings (SSSR count). The number of anilines is 1. The summed E-state index contributed by atoms with van der Waals surface area (Å²) in [6.07, 6.45) is 2.86. The van der Waals surface area contributed by atoms with Gasteiger partial charge in [0.15, 0.2) is 0 Å². The van der Waals surface area contributed by atoms with Crippen LogP contribution in [0.15, 0.2) is 30.3 Å². The second-order valence-electron chi connectivity index (χ2n) is 8.84. The van der Waals surface area contributed by atoms with Crippen LogP contribution in [-0.2, 0) is 17.7 Å². The van der Waals surface area contributed by atoms with Crippen molar-refractivity contribution in [3.05, 3.63) is 57.1 Å². The predicted octanol–water partition coefficient (Wildman–Crippen LogP) is 4.82. The monoisotopic (exact) mass is 460 g/mol. The maximum Gasteiger partial charge on any atom is 0.256 e. The Morgan fingerprint density at radius 3 is 2.52 bits per heavy atom. The van der Waals surface area contributed by atoms with Gasteiger partial charge in [0, 0.05) is 49.8 Å². The molecule has 0 atom stereocenters. The average molecular weight is 461 g/mol. The molecule has 7 heteroatoms. The number of benzene rings is 2. The number of nitrogens with zero attached hydrogens (tertiary/aromatic N) is 2. The first-order valence-electron chi connectivity index (χ1n) is 10.8. The normalized spacial score (nSPS) is 19.9. The second-order valence-corrected chi connectivity index (χ2v) is 9.62. The molecule has 31 heavy (non-hydrogen) atoms. The van der Waals surface area contributed by atoms with E-state index >= 15 is 0 Å². The lowest BCUT2D eigenvalue weighted by Crippen LogP contribution is -2.58. The molecule has 5 nitrogen and oxygen atoms in total. The maximum atomic E-state index is 13.4. The van der Waals surface area contributed by atoms with E-state index in [1.54, 1.807) is 7.11 Å². The molecule has 2 saturated heterocycles. The van der Waals surface area contributed by atoms with E-state index in [0.717, 1.165) is 61.7 Å². The standard InChI is InChI=1S/C24H26Cl2N2O3/c1-30-17-4-2-16(3-5-17)13-27-9-6-18-19(25)12-20(22(26)21(18)23(27)29)28-14-24(15-28)7-10-31-11-8-24/h2-5,12H,6-11,13-15H2,1H3. The number of hydrogen-bond acceptors (Lipinski definition) is 4. The van der Waals surface area contributed by atoms with Gasteiger partial charge in [-0.15, -0.1) is 0 Å². The van der Waals surface area contributed by atoms with Gasteiger partial charge in [0.2, 0.25) is 0 Å². The summed E-state index contributed by atoms with van der Waals surface area (Å²) < 4.78 is 10.7. The highest BCUT2D eigenvalue weighted by Gasteiger charge is 2.45. The Morgan fingerprint density at radius 2 is 1.84 bits per heavy atom. The first-order chi connectivity index (χ1) is 15.0. The first kappa shape index (κ1) is 20.9. The highest BCUT2D eigenvalue weighted by molar-refractivity contribution is 6.39. The minimum absolute atomic E-state index is 0.0490. The van der Waals surface area contributed by atoms with Crippen molar-refractivity contribution in [1.29, 1.82) is 0 Å². The van der Waals surface area contributed by atoms with Crippen molar-refractivity contribution in [2.45, 2.75) is 25.8 Å². The van der Waals surface area contributed by atoms with Crippen molar-refractivity contribution < 1.29 is 14.3 Å². The van der Waals surface area contributed by atoms with Gasteiger partial charge < -0.3 is 19.3 Å². The molecule has 3 heterocycles. The number of ether oxygens (including phenoxy) is 2. The van der Waals surface area contributed by atoms with Crippen LogP contribution in [0.4, 0.5) is 5.69 Å². The van der Waals surface area contributed by atoms with Gasteiger partial charge in [-0.25, -0.2) is 0 Å². The molecule has 3 aliphatic heterocycles. The van der Waals surface area contributed by atoms with E-state index in [0.29, 0.717) is 40.5 Å². The summed E-state index contributed by atoms with van der Waals surface area (Å²) in [6, 6.07) is 9.74. The Bertz CT molecular complexity index is 995. The third-order valence-electron chi connectivity index (χ3n) is 6.91. The molecule has 0 aromatic heterocycles. The Balaban J connectivity index is 1.38. The van der Waals surface area contributed by atoms with Gasteiger partial charge in [0.1, 0.15) is 5.75 Å². The van der Waals surface area contributed by atoms with Crippen molar-refractivity contribution >= 4 is 34.8 Å². The third-order valence-corrected chi connectivity index (χ3v) is 7.63. The minimum atomic E-state index is -0.0490. The summed E-state index contributed by atoms with van der Waals surface area (Å²) in [4.78, 5) is 17.5. The van der Waals surface area contributed by atoms with Crippen LogP contribution in [0.3, 0.4) is 0 Å². The molecule has 0 aliphatic carbocycles. The third kappa shape index (κ3) is 3.77. The van der Waals surface area contributed by atoms with E-state index in [2.05, 4.69) is 4.90 Å². The molecule has 0 N–H and O–H groups in total. The topological polar surface area (TPSA) is 42.0 Å². The lowest BCUT2D eigenvalue weighted by molar-refractivity contribution is -0.000186. The van der Waals surface area contributed by atoms with E-state index in [1.807, 2.05) is 35.2 Å². The van der Waals surface area contributed by atoms with Crippen LogP contribution in [0, 0.1) is 5.41 Å². The zero-order valence-corrected chi connectivity index (χ0v) is 19.1. The molecule has 0 bridgehead atoms. The molecule has 164 valence electrons. The van der Waals surface area contributed by atoms with Crippen LogP contribution in [-0.4, -0.2) is 50.8 Å². The summed E-state index contributed by atoms with van der Waals surface area (Å²) in [6.45, 7) is 4.69. The van der Waals surface area contributed by atoms with Crippen LogP contribution in [0.25, 0.3) is 0 Å². The van der Waals surface area contributed by atoms with Gasteiger partial charge in [-0.2, -0.15) is 0 Å². The Kier molecular flexibility index (Phi) is 5.53. The van der Waals surface area contributed by atoms with Crippen molar-refractivity contribution in [3.8, 4) is 5.75 Å². The fourth-order valence-corrected chi connectivity index (χ4v) is 5.67. The minimum Gasteiger partial charge on any atom is -0.497 e. The zero-order valence-electron chi connectivity index (χ0n) is 17.6. The molecule has 1 amide bonds. The number of rotatable bonds is 4. The van der Waals surface area contributed by atoms with Gasteiger partial charge in [0.25, 0.3) is 5.91 Å². The quantitative estimate of drug-likeness (QED) is 0.655. The lowest BCUT2D eigenvalue weighted by atomic mass is 9.73. The SMILES string of the molecule is COc1ccc(CN2CCc3c(Cl)cc(N4CC5(CCOCC5)C4)c(Cl)c3C2=O)cc1. The number of methoxy groups -OCH3 is 1. The summed E-state index contributed by atoms with van der Waals surface area (Å²) in [7, 11) is 1.64. The van der Waals surface area contributed by atoms with Crippen LogP contribution < -0.4 is 9.64 Å². The summed E-state index contributed by atoms with van der Waals surface area (Å²) in [5, 5.41) is 1.17. The number of carbonyl (C=O) groups excluding carboxylic acids is 1. The van der Waals surface area contributed by atoms with Crippen molar-refractivity contribution in [1.82, 2.24) is 4.90 Å². The number of hydrogen-bond donors (Lipinski definition) is 0. The number of halogens is 2. The highest BCUT2D eigenvalue weighted by atomic mass is 35.5. The van der Waals surface area contributed by atoms with Gasteiger partial charge in [-0.05, 0) is 48.6 Å². The molecule has 1 spiro atoms. The van der Waals surface area contributed by atoms with Crippen LogP contribution >= 0.6 is 23.2 Å². The molecule has 0 saturated carbocycles. The zero-order chi connectivity index (χ0) is 21.6. The Labute approximate surface area is 192 Å². The van der Waals surface area contributed by atoms with Gasteiger partial charge in [0.05, 0.1) is 23.4 Å². The number of amides is 1. The van der Waals surface area contributed by atoms with Gasteiger partial charge in [-0.1, -0.05) is 35.3 Å². The van der Waals surface area contributed by atoms with E-state index in [4.69, 9.17) is 32.7 Å². The smallest absolute Gasteiger partial charge is 0.256 e. The number of carbonyl (C=O) groups is 1. The summed E-state index contributed by atoms with van der Waals surface area (Å²) in [5.41, 5.74) is 3.68. The molecular weight excluding hydrogens is 435 g/mol. The largest absolute Gasteiger partial charge is 0.497 e. The second kappa shape index (κ2) is 8.19. The highest BCUT2D eigenvalue weighted by Crippen LogP contribution is 2.47. The lowest BCUT2D eigenvalue weighted by Gasteiger charge is -2.53. The van der Waals surface area contributed by atoms with Crippen LogP contribution in [0.1, 0.15) is 34.3 Å². The van der Waals surface area contributed by atoms with Crippen molar-refractivity contribution in [2.75, 3.05) is 44.9 Å². The molecular formula is C24H26Cl2N2O3. The Morgan fingerprint density at radius 1 is 1.13 bits per heavy atom. The Hall–Kier alpha value is -1.95. The molecule has 2 fully saturated rings. The molecule has 2 aromatic carbocycles. The summed E-state index contributed by atoms with van der Waals surface area (Å²) >= 11 is 13.5. The molecule has 2 aromatic rings. The van der Waals surface area contributed by atoms with E-state index < -0.39 is 0 Å². The van der Waals surface area contributed by atoms with E-state index in [1.165, 1.54) is 0 Å². The first-order valence-corrected chi connectivity index (χ1v) is 11.5. The van der Waals surface area contributed by atoms with Crippen LogP contribution in [0.5, 0.6) is 5.75 Å². The van der Waals surface area contributed by atoms with E-state index in [-0.39, 0.29) is 5.91 Å². The molecule has 3 aliphatic rings.